The maximum atomic E-state index is 14.0. The molecular formula is C21H32FN7O. The summed E-state index contributed by atoms with van der Waals surface area (Å²) >= 11 is 0. The Balaban J connectivity index is 1.80. The van der Waals surface area contributed by atoms with Crippen LogP contribution in [0.15, 0.2) is 18.2 Å². The van der Waals surface area contributed by atoms with Gasteiger partial charge in [-0.3, -0.25) is 0 Å². The first-order valence-corrected chi connectivity index (χ1v) is 10.5. The third kappa shape index (κ3) is 6.16. The molecule has 1 fully saturated rings. The summed E-state index contributed by atoms with van der Waals surface area (Å²) in [6.45, 7) is 2.57. The van der Waals surface area contributed by atoms with E-state index in [1.165, 1.54) is 45.3 Å². The van der Waals surface area contributed by atoms with Crippen molar-refractivity contribution >= 4 is 23.5 Å². The summed E-state index contributed by atoms with van der Waals surface area (Å²) in [4.78, 5) is 17.5. The van der Waals surface area contributed by atoms with E-state index >= 15 is 0 Å². The third-order valence-electron chi connectivity index (χ3n) is 5.35. The smallest absolute Gasteiger partial charge is 0.233 e. The van der Waals surface area contributed by atoms with E-state index in [4.69, 9.17) is 10.5 Å². The van der Waals surface area contributed by atoms with E-state index in [1.54, 1.807) is 12.1 Å². The molecule has 164 valence electrons. The van der Waals surface area contributed by atoms with Crippen molar-refractivity contribution in [2.24, 2.45) is 5.92 Å². The molecule has 1 aromatic carbocycles. The molecule has 3 N–H and O–H groups in total. The predicted molar refractivity (Wildman–Crippen MR) is 118 cm³/mol. The van der Waals surface area contributed by atoms with Gasteiger partial charge in [-0.05, 0) is 45.0 Å². The molecule has 0 bridgehead atoms. The number of nitrogens with zero attached hydrogens (tertiary/aromatic N) is 5. The van der Waals surface area contributed by atoms with Crippen molar-refractivity contribution < 1.29 is 9.13 Å². The number of aromatic nitrogens is 3. The van der Waals surface area contributed by atoms with Crippen molar-refractivity contribution in [1.29, 1.82) is 0 Å². The van der Waals surface area contributed by atoms with Gasteiger partial charge in [-0.1, -0.05) is 19.3 Å². The zero-order valence-electron chi connectivity index (χ0n) is 18.1. The molecule has 1 aromatic heterocycles. The van der Waals surface area contributed by atoms with E-state index in [2.05, 4.69) is 30.1 Å². The minimum Gasteiger partial charge on any atom is -0.494 e. The summed E-state index contributed by atoms with van der Waals surface area (Å²) in [6.07, 6.45) is 6.34. The average Bonchev–Trinajstić information content (AvgIpc) is 2.71. The predicted octanol–water partition coefficient (Wildman–Crippen LogP) is 3.29. The van der Waals surface area contributed by atoms with Gasteiger partial charge in [0.05, 0.1) is 7.11 Å². The van der Waals surface area contributed by atoms with Gasteiger partial charge in [0.15, 0.2) is 11.6 Å². The van der Waals surface area contributed by atoms with Crippen LogP contribution < -0.4 is 20.7 Å². The van der Waals surface area contributed by atoms with Crippen LogP contribution in [-0.2, 0) is 0 Å². The number of hydrogen-bond acceptors (Lipinski definition) is 8. The summed E-state index contributed by atoms with van der Waals surface area (Å²) in [6, 6.07) is 4.59. The molecule has 0 aliphatic heterocycles. The Bertz CT molecular complexity index is 827. The molecule has 3 rings (SSSR count). The molecule has 30 heavy (non-hydrogen) atoms. The first kappa shape index (κ1) is 22.0. The average molecular weight is 418 g/mol. The van der Waals surface area contributed by atoms with Gasteiger partial charge in [0.2, 0.25) is 17.8 Å². The van der Waals surface area contributed by atoms with E-state index in [-0.39, 0.29) is 11.7 Å². The monoisotopic (exact) mass is 417 g/mol. The largest absolute Gasteiger partial charge is 0.494 e. The minimum absolute atomic E-state index is 0.134. The Labute approximate surface area is 177 Å². The standard InChI is InChI=1S/C21H32FN7O/c1-28(2)11-12-29(14-15-7-5-4-6-8-15)21-26-19(23)25-20(27-21)24-16-9-10-18(30-3)17(22)13-16/h9-10,13,15H,4-8,11-12,14H2,1-3H3,(H3,23,24,25,26,27). The quantitative estimate of drug-likeness (QED) is 0.642. The number of anilines is 4. The van der Waals surface area contributed by atoms with Crippen LogP contribution in [0, 0.1) is 11.7 Å². The number of halogens is 1. The zero-order chi connectivity index (χ0) is 21.5. The van der Waals surface area contributed by atoms with E-state index in [0.29, 0.717) is 23.5 Å². The molecule has 1 aliphatic carbocycles. The van der Waals surface area contributed by atoms with E-state index < -0.39 is 5.82 Å². The maximum absolute atomic E-state index is 14.0. The lowest BCUT2D eigenvalue weighted by molar-refractivity contribution is 0.347. The Morgan fingerprint density at radius 3 is 2.57 bits per heavy atom. The van der Waals surface area contributed by atoms with Crippen molar-refractivity contribution in [2.75, 3.05) is 56.8 Å². The van der Waals surface area contributed by atoms with Crippen LogP contribution in [0.3, 0.4) is 0 Å². The minimum atomic E-state index is -0.463. The highest BCUT2D eigenvalue weighted by Gasteiger charge is 2.20. The molecule has 0 amide bonds. The topological polar surface area (TPSA) is 92.4 Å². The molecule has 0 atom stereocenters. The summed E-state index contributed by atoms with van der Waals surface area (Å²) < 4.78 is 19.0. The number of methoxy groups -OCH3 is 1. The summed E-state index contributed by atoms with van der Waals surface area (Å²) in [5.41, 5.74) is 6.49. The van der Waals surface area contributed by atoms with Crippen LogP contribution in [0.2, 0.25) is 0 Å². The number of hydrogen-bond donors (Lipinski definition) is 2. The van der Waals surface area contributed by atoms with Crippen LogP contribution in [0.5, 0.6) is 5.75 Å². The Kier molecular flexibility index (Phi) is 7.62. The lowest BCUT2D eigenvalue weighted by Gasteiger charge is -2.30. The first-order chi connectivity index (χ1) is 14.4. The number of ether oxygens (including phenoxy) is 1. The zero-order valence-corrected chi connectivity index (χ0v) is 18.1. The highest BCUT2D eigenvalue weighted by Crippen LogP contribution is 2.27. The highest BCUT2D eigenvalue weighted by atomic mass is 19.1. The fourth-order valence-electron chi connectivity index (χ4n) is 3.73. The van der Waals surface area contributed by atoms with Crippen LogP contribution in [0.1, 0.15) is 32.1 Å². The van der Waals surface area contributed by atoms with Gasteiger partial charge < -0.3 is 25.6 Å². The lowest BCUT2D eigenvalue weighted by Crippen LogP contribution is -2.37. The van der Waals surface area contributed by atoms with Crippen molar-refractivity contribution in [3.8, 4) is 5.75 Å². The van der Waals surface area contributed by atoms with Gasteiger partial charge in [-0.2, -0.15) is 15.0 Å². The van der Waals surface area contributed by atoms with Crippen LogP contribution >= 0.6 is 0 Å². The fourth-order valence-corrected chi connectivity index (χ4v) is 3.73. The van der Waals surface area contributed by atoms with Gasteiger partial charge in [0, 0.05) is 31.4 Å². The molecule has 1 aliphatic rings. The Morgan fingerprint density at radius 2 is 1.90 bits per heavy atom. The SMILES string of the molecule is COc1ccc(Nc2nc(N)nc(N(CCN(C)C)CC3CCCCC3)n2)cc1F. The number of benzene rings is 1. The first-order valence-electron chi connectivity index (χ1n) is 10.5. The maximum Gasteiger partial charge on any atom is 0.233 e. The third-order valence-corrected chi connectivity index (χ3v) is 5.35. The van der Waals surface area contributed by atoms with Gasteiger partial charge in [0.25, 0.3) is 0 Å². The second kappa shape index (κ2) is 10.4. The van der Waals surface area contributed by atoms with Crippen molar-refractivity contribution in [2.45, 2.75) is 32.1 Å². The molecule has 8 nitrogen and oxygen atoms in total. The Hall–Kier alpha value is -2.68. The summed E-state index contributed by atoms with van der Waals surface area (Å²) in [5.74, 6) is 1.32. The normalized spacial score (nSPS) is 14.7. The van der Waals surface area contributed by atoms with Gasteiger partial charge in [0.1, 0.15) is 0 Å². The number of nitrogens with two attached hydrogens (primary N) is 1. The fraction of sp³-hybridized carbons (Fsp3) is 0.571. The number of likely N-dealkylation sites (N-methyl/N-ethyl adjacent to an activating group) is 1. The van der Waals surface area contributed by atoms with Crippen LogP contribution in [0.4, 0.5) is 27.9 Å². The van der Waals surface area contributed by atoms with Gasteiger partial charge in [-0.15, -0.1) is 0 Å². The molecule has 2 aromatic rings. The van der Waals surface area contributed by atoms with E-state index in [1.807, 2.05) is 14.1 Å². The van der Waals surface area contributed by atoms with Crippen molar-refractivity contribution in [3.63, 3.8) is 0 Å². The second-order valence-corrected chi connectivity index (χ2v) is 8.04. The molecule has 1 heterocycles. The molecule has 0 unspecified atom stereocenters. The Morgan fingerprint density at radius 1 is 1.13 bits per heavy atom. The lowest BCUT2D eigenvalue weighted by atomic mass is 9.89. The van der Waals surface area contributed by atoms with Crippen molar-refractivity contribution in [3.05, 3.63) is 24.0 Å². The van der Waals surface area contributed by atoms with Crippen LogP contribution in [-0.4, -0.2) is 60.7 Å². The number of rotatable bonds is 9. The molecule has 0 spiro atoms. The molecule has 1 saturated carbocycles. The number of nitrogen functional groups attached to an aromatic ring is 1. The van der Waals surface area contributed by atoms with Gasteiger partial charge >= 0.3 is 0 Å². The van der Waals surface area contributed by atoms with Crippen molar-refractivity contribution in [1.82, 2.24) is 19.9 Å². The van der Waals surface area contributed by atoms with E-state index in [0.717, 1.165) is 19.6 Å². The highest BCUT2D eigenvalue weighted by molar-refractivity contribution is 5.57. The molecule has 0 radical (unpaired) electrons. The summed E-state index contributed by atoms with van der Waals surface area (Å²) in [5, 5.41) is 3.03. The number of nitrogens with one attached hydrogen (secondary N) is 1. The molecule has 9 heteroatoms. The second-order valence-electron chi connectivity index (χ2n) is 8.04. The summed E-state index contributed by atoms with van der Waals surface area (Å²) in [7, 11) is 5.52. The van der Waals surface area contributed by atoms with Crippen LogP contribution in [0.25, 0.3) is 0 Å². The molecular weight excluding hydrogens is 385 g/mol. The van der Waals surface area contributed by atoms with Gasteiger partial charge in [-0.25, -0.2) is 4.39 Å². The molecule has 0 saturated heterocycles. The van der Waals surface area contributed by atoms with E-state index in [9.17, 15) is 4.39 Å².